The lowest BCUT2D eigenvalue weighted by Gasteiger charge is -2.31. The predicted molar refractivity (Wildman–Crippen MR) is 155 cm³/mol. The second-order valence-corrected chi connectivity index (χ2v) is 9.34. The second kappa shape index (κ2) is 11.5. The third-order valence-electron chi connectivity index (χ3n) is 6.78. The average molecular weight is 554 g/mol. The first-order valence-corrected chi connectivity index (χ1v) is 12.8. The molecular weight excluding hydrogens is 525 g/mol. The van der Waals surface area contributed by atoms with E-state index in [2.05, 4.69) is 43.7 Å². The fourth-order valence-corrected chi connectivity index (χ4v) is 4.54. The molecule has 0 aliphatic carbocycles. The summed E-state index contributed by atoms with van der Waals surface area (Å²) in [6.45, 7) is 11.2. The maximum Gasteiger partial charge on any atom is 0.246 e. The minimum absolute atomic E-state index is 0.0571. The molecule has 12 heteroatoms. The summed E-state index contributed by atoms with van der Waals surface area (Å²) in [7, 11) is 1.57. The zero-order valence-corrected chi connectivity index (χ0v) is 22.9. The summed E-state index contributed by atoms with van der Waals surface area (Å²) in [6.07, 6.45) is 8.49. The van der Waals surface area contributed by atoms with E-state index in [0.717, 1.165) is 5.57 Å². The van der Waals surface area contributed by atoms with Crippen LogP contribution in [0.1, 0.15) is 30.4 Å². The zero-order valence-electron chi connectivity index (χ0n) is 22.9. The fourth-order valence-electron chi connectivity index (χ4n) is 4.54. The largest absolute Gasteiger partial charge is 0.457 e. The number of hydrogen-bond donors (Lipinski definition) is 1. The van der Waals surface area contributed by atoms with Crippen molar-refractivity contribution >= 4 is 41.1 Å². The molecular formula is C29H28FN9O2. The third kappa shape index (κ3) is 5.44. The number of fused-ring (bicyclic) bond motifs is 1. The fraction of sp³-hybridized carbons (Fsp3) is 0.207. The number of nitrogens with zero attached hydrogens (tertiary/aromatic N) is 8. The summed E-state index contributed by atoms with van der Waals surface area (Å²) >= 11 is 0. The van der Waals surface area contributed by atoms with Crippen LogP contribution < -0.4 is 10.1 Å². The minimum atomic E-state index is -0.509. The van der Waals surface area contributed by atoms with Gasteiger partial charge in [0.2, 0.25) is 5.91 Å². The quantitative estimate of drug-likeness (QED) is 0.199. The zero-order chi connectivity index (χ0) is 29.1. The summed E-state index contributed by atoms with van der Waals surface area (Å²) in [5, 5.41) is 7.11. The van der Waals surface area contributed by atoms with Gasteiger partial charge in [-0.2, -0.15) is 5.10 Å². The van der Waals surface area contributed by atoms with Crippen molar-refractivity contribution in [3.8, 4) is 11.5 Å². The standard InChI is InChI=1S/C29H28FN9O2/c1-6-25(40)38-11-9-19(13-17(38)2)28-33-15-22(31-4)27(37-28)29(32-5)36-21-7-8-23(18(3)26(21)30)41-20-10-12-39-24(14-20)34-16-35-39/h6-10,12,14-17H,1,4,11,13H2,2-3,5H3,(H,32,36)/t17-/m1/s1. The monoisotopic (exact) mass is 553 g/mol. The van der Waals surface area contributed by atoms with Gasteiger partial charge >= 0.3 is 0 Å². The van der Waals surface area contributed by atoms with Crippen LogP contribution in [-0.2, 0) is 4.79 Å². The highest BCUT2D eigenvalue weighted by Gasteiger charge is 2.25. The van der Waals surface area contributed by atoms with Gasteiger partial charge in [0.15, 0.2) is 23.1 Å². The highest BCUT2D eigenvalue weighted by Crippen LogP contribution is 2.32. The summed E-state index contributed by atoms with van der Waals surface area (Å²) in [5.74, 6) is 0.974. The first-order valence-electron chi connectivity index (χ1n) is 12.8. The van der Waals surface area contributed by atoms with Gasteiger partial charge in [0.1, 0.15) is 29.2 Å². The number of hydrogen-bond acceptors (Lipinski definition) is 8. The molecule has 1 aliphatic rings. The van der Waals surface area contributed by atoms with Crippen molar-refractivity contribution in [3.05, 3.63) is 84.6 Å². The number of ether oxygens (including phenoxy) is 1. The number of nitrogens with one attached hydrogen (secondary N) is 1. The Morgan fingerprint density at radius 1 is 1.29 bits per heavy atom. The number of pyridine rings is 1. The number of amides is 1. The molecule has 0 fully saturated rings. The second-order valence-electron chi connectivity index (χ2n) is 9.34. The molecule has 11 nitrogen and oxygen atoms in total. The van der Waals surface area contributed by atoms with Gasteiger partial charge in [-0.05, 0) is 56.8 Å². The third-order valence-corrected chi connectivity index (χ3v) is 6.78. The molecule has 4 heterocycles. The molecule has 0 spiro atoms. The number of carbonyl (C=O) groups is 1. The predicted octanol–water partition coefficient (Wildman–Crippen LogP) is 4.77. The van der Waals surface area contributed by atoms with E-state index in [9.17, 15) is 4.79 Å². The molecule has 208 valence electrons. The molecule has 3 aromatic heterocycles. The Labute approximate surface area is 235 Å². The van der Waals surface area contributed by atoms with E-state index in [-0.39, 0.29) is 23.5 Å². The smallest absolute Gasteiger partial charge is 0.246 e. The molecule has 0 saturated heterocycles. The maximum atomic E-state index is 15.6. The van der Waals surface area contributed by atoms with Crippen molar-refractivity contribution in [1.29, 1.82) is 0 Å². The van der Waals surface area contributed by atoms with Gasteiger partial charge in [0.25, 0.3) is 0 Å². The van der Waals surface area contributed by atoms with E-state index < -0.39 is 5.82 Å². The van der Waals surface area contributed by atoms with Gasteiger partial charge in [0, 0.05) is 37.5 Å². The molecule has 0 bridgehead atoms. The summed E-state index contributed by atoms with van der Waals surface area (Å²) in [5.41, 5.74) is 2.73. The van der Waals surface area contributed by atoms with Gasteiger partial charge in [-0.25, -0.2) is 23.9 Å². The molecule has 1 aromatic carbocycles. The van der Waals surface area contributed by atoms with Crippen molar-refractivity contribution in [2.24, 2.45) is 9.98 Å². The number of benzene rings is 1. The summed E-state index contributed by atoms with van der Waals surface area (Å²) in [4.78, 5) is 35.5. The van der Waals surface area contributed by atoms with Crippen LogP contribution in [0.15, 0.2) is 71.7 Å². The number of carbonyl (C=O) groups excluding carboxylic acids is 1. The SMILES string of the molecule is C=CC(=O)N1CC=C(c2ncc(N=C)c(/C(=N\C)Nc3ccc(Oc4ccn5ncnc5c4)c(C)c3F)n2)C[C@H]1C. The molecule has 1 amide bonds. The summed E-state index contributed by atoms with van der Waals surface area (Å²) in [6, 6.07) is 6.62. The maximum absolute atomic E-state index is 15.6. The first kappa shape index (κ1) is 27.3. The Bertz CT molecular complexity index is 1730. The van der Waals surface area contributed by atoms with Gasteiger partial charge in [-0.15, -0.1) is 0 Å². The van der Waals surface area contributed by atoms with E-state index in [1.807, 2.05) is 13.0 Å². The number of aliphatic imine (C=N–C) groups is 2. The average Bonchev–Trinajstić information content (AvgIpc) is 3.46. The van der Waals surface area contributed by atoms with Gasteiger partial charge in [-0.3, -0.25) is 14.8 Å². The van der Waals surface area contributed by atoms with Gasteiger partial charge < -0.3 is 15.0 Å². The Hall–Kier alpha value is -5.26. The number of halogens is 1. The minimum Gasteiger partial charge on any atom is -0.457 e. The molecule has 1 N–H and O–H groups in total. The van der Waals surface area contributed by atoms with Crippen molar-refractivity contribution in [1.82, 2.24) is 29.5 Å². The lowest BCUT2D eigenvalue weighted by atomic mass is 10.00. The molecule has 0 unspecified atom stereocenters. The summed E-state index contributed by atoms with van der Waals surface area (Å²) < 4.78 is 23.1. The van der Waals surface area contributed by atoms with Crippen LogP contribution in [0.25, 0.3) is 11.2 Å². The van der Waals surface area contributed by atoms with E-state index in [0.29, 0.717) is 52.9 Å². The molecule has 4 aromatic rings. The topological polar surface area (TPSA) is 122 Å². The molecule has 0 radical (unpaired) electrons. The Balaban J connectivity index is 1.40. The van der Waals surface area contributed by atoms with E-state index >= 15 is 4.39 Å². The molecule has 5 rings (SSSR count). The van der Waals surface area contributed by atoms with Crippen LogP contribution in [0.4, 0.5) is 15.8 Å². The van der Waals surface area contributed by atoms with E-state index in [1.54, 1.807) is 60.0 Å². The Morgan fingerprint density at radius 3 is 2.85 bits per heavy atom. The highest BCUT2D eigenvalue weighted by molar-refractivity contribution is 6.10. The molecule has 0 saturated carbocycles. The van der Waals surface area contributed by atoms with Crippen LogP contribution in [-0.4, -0.2) is 67.6 Å². The number of aromatic nitrogens is 5. The normalized spacial score (nSPS) is 15.4. The van der Waals surface area contributed by atoms with Crippen LogP contribution in [0.2, 0.25) is 0 Å². The van der Waals surface area contributed by atoms with Crippen molar-refractivity contribution in [2.75, 3.05) is 18.9 Å². The van der Waals surface area contributed by atoms with Crippen LogP contribution in [0.5, 0.6) is 11.5 Å². The molecule has 1 atom stereocenters. The van der Waals surface area contributed by atoms with E-state index in [1.165, 1.54) is 12.4 Å². The molecule has 41 heavy (non-hydrogen) atoms. The van der Waals surface area contributed by atoms with Gasteiger partial charge in [-0.1, -0.05) is 12.7 Å². The first-order chi connectivity index (χ1) is 19.8. The van der Waals surface area contributed by atoms with Crippen LogP contribution in [0.3, 0.4) is 0 Å². The van der Waals surface area contributed by atoms with Crippen LogP contribution in [0, 0.1) is 12.7 Å². The van der Waals surface area contributed by atoms with Gasteiger partial charge in [0.05, 0.1) is 11.9 Å². The molecule has 1 aliphatic heterocycles. The van der Waals surface area contributed by atoms with Crippen molar-refractivity contribution in [2.45, 2.75) is 26.3 Å². The van der Waals surface area contributed by atoms with Crippen LogP contribution >= 0.6 is 0 Å². The number of amidine groups is 1. The number of anilines is 1. The Kier molecular flexibility index (Phi) is 7.64. The van der Waals surface area contributed by atoms with Crippen molar-refractivity contribution < 1.29 is 13.9 Å². The van der Waals surface area contributed by atoms with Crippen molar-refractivity contribution in [3.63, 3.8) is 0 Å². The lowest BCUT2D eigenvalue weighted by molar-refractivity contribution is -0.127. The Morgan fingerprint density at radius 2 is 2.12 bits per heavy atom. The lowest BCUT2D eigenvalue weighted by Crippen LogP contribution is -2.40. The highest BCUT2D eigenvalue weighted by atomic mass is 19.1. The van der Waals surface area contributed by atoms with E-state index in [4.69, 9.17) is 9.72 Å². The number of rotatable bonds is 7.